The minimum Gasteiger partial charge on any atom is -0.477 e. The Hall–Kier alpha value is -1.47. The summed E-state index contributed by atoms with van der Waals surface area (Å²) >= 11 is 1.08. The van der Waals surface area contributed by atoms with Crippen LogP contribution in [0.25, 0.3) is 0 Å². The Morgan fingerprint density at radius 1 is 1.53 bits per heavy atom. The van der Waals surface area contributed by atoms with Crippen molar-refractivity contribution >= 4 is 23.2 Å². The van der Waals surface area contributed by atoms with Crippen molar-refractivity contribution in [2.24, 2.45) is 0 Å². The molecule has 6 nitrogen and oxygen atoms in total. The van der Waals surface area contributed by atoms with Crippen LogP contribution in [0.2, 0.25) is 0 Å². The molecule has 0 atom stereocenters. The minimum atomic E-state index is -0.989. The molecule has 0 aliphatic heterocycles. The van der Waals surface area contributed by atoms with Crippen LogP contribution in [0.4, 0.5) is 0 Å². The molecule has 1 heterocycles. The van der Waals surface area contributed by atoms with Gasteiger partial charge in [0.25, 0.3) is 0 Å². The van der Waals surface area contributed by atoms with Crippen molar-refractivity contribution in [3.63, 3.8) is 0 Å². The largest absolute Gasteiger partial charge is 0.477 e. The number of methoxy groups -OCH3 is 1. The summed E-state index contributed by atoms with van der Waals surface area (Å²) in [6.07, 6.45) is 0.284. The van der Waals surface area contributed by atoms with Crippen molar-refractivity contribution in [2.75, 3.05) is 13.7 Å². The number of hydrogen-bond acceptors (Lipinski definition) is 5. The second-order valence-corrected chi connectivity index (χ2v) is 4.43. The summed E-state index contributed by atoms with van der Waals surface area (Å²) < 4.78 is 4.77. The van der Waals surface area contributed by atoms with Gasteiger partial charge < -0.3 is 15.2 Å². The number of carbonyl (C=O) groups excluding carboxylic acids is 1. The van der Waals surface area contributed by atoms with Gasteiger partial charge in [0.2, 0.25) is 5.91 Å². The Morgan fingerprint density at radius 3 is 2.76 bits per heavy atom. The zero-order chi connectivity index (χ0) is 12.8. The van der Waals surface area contributed by atoms with E-state index >= 15 is 0 Å². The third kappa shape index (κ3) is 4.12. The fourth-order valence-electron chi connectivity index (χ4n) is 1.18. The van der Waals surface area contributed by atoms with E-state index in [9.17, 15) is 9.59 Å². The first-order chi connectivity index (χ1) is 8.04. The van der Waals surface area contributed by atoms with Gasteiger partial charge in [0.05, 0.1) is 18.8 Å². The summed E-state index contributed by atoms with van der Waals surface area (Å²) in [6, 6.07) is 0. The van der Waals surface area contributed by atoms with E-state index in [0.717, 1.165) is 11.3 Å². The van der Waals surface area contributed by atoms with Crippen LogP contribution >= 0.6 is 11.3 Å². The summed E-state index contributed by atoms with van der Waals surface area (Å²) in [5.41, 5.74) is 0.476. The van der Waals surface area contributed by atoms with Crippen molar-refractivity contribution < 1.29 is 19.4 Å². The molecule has 1 aromatic rings. The molecule has 0 unspecified atom stereocenters. The van der Waals surface area contributed by atoms with Crippen LogP contribution in [0.1, 0.15) is 26.8 Å². The van der Waals surface area contributed by atoms with E-state index in [2.05, 4.69) is 10.3 Å². The highest BCUT2D eigenvalue weighted by atomic mass is 32.1. The highest BCUT2D eigenvalue weighted by Crippen LogP contribution is 2.17. The van der Waals surface area contributed by atoms with Gasteiger partial charge in [-0.1, -0.05) is 0 Å². The zero-order valence-electron chi connectivity index (χ0n) is 9.65. The molecule has 7 heteroatoms. The molecule has 2 N–H and O–H groups in total. The van der Waals surface area contributed by atoms with Gasteiger partial charge in [-0.25, -0.2) is 9.78 Å². The lowest BCUT2D eigenvalue weighted by molar-refractivity contribution is -0.122. The number of amides is 1. The van der Waals surface area contributed by atoms with Crippen molar-refractivity contribution in [1.29, 1.82) is 0 Å². The van der Waals surface area contributed by atoms with Crippen LogP contribution in [0, 0.1) is 6.92 Å². The van der Waals surface area contributed by atoms with Crippen LogP contribution in [-0.4, -0.2) is 35.7 Å². The Labute approximate surface area is 103 Å². The van der Waals surface area contributed by atoms with Gasteiger partial charge >= 0.3 is 5.97 Å². The molecule has 0 spiro atoms. The van der Waals surface area contributed by atoms with Gasteiger partial charge in [0.15, 0.2) is 0 Å². The predicted molar refractivity (Wildman–Crippen MR) is 62.2 cm³/mol. The normalized spacial score (nSPS) is 10.2. The molecule has 1 aromatic heterocycles. The summed E-state index contributed by atoms with van der Waals surface area (Å²) in [6.45, 7) is 2.25. The molecular weight excluding hydrogens is 244 g/mol. The van der Waals surface area contributed by atoms with Crippen molar-refractivity contribution in [2.45, 2.75) is 19.9 Å². The van der Waals surface area contributed by atoms with E-state index < -0.39 is 5.97 Å². The highest BCUT2D eigenvalue weighted by Gasteiger charge is 2.14. The molecule has 0 bridgehead atoms. The van der Waals surface area contributed by atoms with Gasteiger partial charge in [-0.05, 0) is 6.92 Å². The van der Waals surface area contributed by atoms with Crippen molar-refractivity contribution in [1.82, 2.24) is 10.3 Å². The Bertz CT molecular complexity index is 416. The monoisotopic (exact) mass is 258 g/mol. The molecule has 0 fully saturated rings. The van der Waals surface area contributed by atoms with Crippen LogP contribution in [0.5, 0.6) is 0 Å². The first-order valence-electron chi connectivity index (χ1n) is 4.99. The number of hydrogen-bond donors (Lipinski definition) is 2. The van der Waals surface area contributed by atoms with Crippen LogP contribution < -0.4 is 5.32 Å². The molecule has 94 valence electrons. The van der Waals surface area contributed by atoms with Gasteiger partial charge in [-0.2, -0.15) is 0 Å². The van der Waals surface area contributed by atoms with E-state index in [1.807, 2.05) is 0 Å². The number of ether oxygens (including phenoxy) is 1. The topological polar surface area (TPSA) is 88.5 Å². The fourth-order valence-corrected chi connectivity index (χ4v) is 2.03. The number of nitrogens with one attached hydrogen (secondary N) is 1. The first-order valence-corrected chi connectivity index (χ1v) is 5.81. The molecule has 1 rings (SSSR count). The second-order valence-electron chi connectivity index (χ2n) is 3.35. The summed E-state index contributed by atoms with van der Waals surface area (Å²) in [7, 11) is 1.52. The van der Waals surface area contributed by atoms with E-state index in [4.69, 9.17) is 9.84 Å². The van der Waals surface area contributed by atoms with Crippen molar-refractivity contribution in [3.8, 4) is 0 Å². The minimum absolute atomic E-state index is 0.142. The average Bonchev–Trinajstić information content (AvgIpc) is 2.65. The maximum Gasteiger partial charge on any atom is 0.347 e. The highest BCUT2D eigenvalue weighted by molar-refractivity contribution is 7.13. The lowest BCUT2D eigenvalue weighted by atomic mass is 10.4. The number of rotatable bonds is 6. The summed E-state index contributed by atoms with van der Waals surface area (Å²) in [5.74, 6) is -1.13. The number of carbonyl (C=O) groups is 2. The van der Waals surface area contributed by atoms with Gasteiger partial charge in [0, 0.05) is 13.5 Å². The Kier molecular flexibility index (Phi) is 5.05. The number of carboxylic acids is 1. The standard InChI is InChI=1S/C10H14N2O4S/c1-6-9(10(14)15)17-8(12-6)5-11-7(13)3-4-16-2/h3-5H2,1-2H3,(H,11,13)(H,14,15). The van der Waals surface area contributed by atoms with Crippen LogP contribution in [0.15, 0.2) is 0 Å². The molecule has 1 amide bonds. The molecule has 0 aliphatic rings. The summed E-state index contributed by atoms with van der Waals surface area (Å²) in [5, 5.41) is 12.1. The second kappa shape index (κ2) is 6.31. The van der Waals surface area contributed by atoms with Crippen LogP contribution in [0.3, 0.4) is 0 Å². The Morgan fingerprint density at radius 2 is 2.24 bits per heavy atom. The van der Waals surface area contributed by atoms with Gasteiger partial charge in [0.1, 0.15) is 9.88 Å². The molecule has 0 radical (unpaired) electrons. The zero-order valence-corrected chi connectivity index (χ0v) is 10.5. The lowest BCUT2D eigenvalue weighted by Crippen LogP contribution is -2.23. The van der Waals surface area contributed by atoms with Crippen molar-refractivity contribution in [3.05, 3.63) is 15.6 Å². The number of aromatic carboxylic acids is 1. The number of carboxylic acid groups (broad SMARTS) is 1. The molecule has 0 saturated carbocycles. The smallest absolute Gasteiger partial charge is 0.347 e. The van der Waals surface area contributed by atoms with Crippen LogP contribution in [-0.2, 0) is 16.1 Å². The van der Waals surface area contributed by atoms with E-state index in [0.29, 0.717) is 17.3 Å². The van der Waals surface area contributed by atoms with Gasteiger partial charge in [-0.15, -0.1) is 11.3 Å². The number of aromatic nitrogens is 1. The first kappa shape index (κ1) is 13.6. The fraction of sp³-hybridized carbons (Fsp3) is 0.500. The summed E-state index contributed by atoms with van der Waals surface area (Å²) in [4.78, 5) is 26.3. The third-order valence-corrected chi connectivity index (χ3v) is 3.15. The van der Waals surface area contributed by atoms with E-state index in [1.165, 1.54) is 7.11 Å². The molecule has 0 aliphatic carbocycles. The molecule has 0 saturated heterocycles. The number of thiazole rings is 1. The quantitative estimate of drug-likeness (QED) is 0.788. The SMILES string of the molecule is COCCC(=O)NCc1nc(C)c(C(=O)O)s1. The average molecular weight is 258 g/mol. The Balaban J connectivity index is 2.50. The van der Waals surface area contributed by atoms with E-state index in [1.54, 1.807) is 6.92 Å². The lowest BCUT2D eigenvalue weighted by Gasteiger charge is -2.01. The number of nitrogens with zero attached hydrogens (tertiary/aromatic N) is 1. The molecular formula is C10H14N2O4S. The predicted octanol–water partition coefficient (Wildman–Crippen LogP) is 0.802. The maximum atomic E-state index is 11.3. The van der Waals surface area contributed by atoms with Gasteiger partial charge in [-0.3, -0.25) is 4.79 Å². The number of aryl methyl sites for hydroxylation is 1. The third-order valence-electron chi connectivity index (χ3n) is 2.01. The molecule has 0 aromatic carbocycles. The molecule has 17 heavy (non-hydrogen) atoms. The maximum absolute atomic E-state index is 11.3. The van der Waals surface area contributed by atoms with E-state index in [-0.39, 0.29) is 23.7 Å².